The van der Waals surface area contributed by atoms with Crippen molar-refractivity contribution in [1.29, 1.82) is 0 Å². The molecule has 47 heavy (non-hydrogen) atoms. The van der Waals surface area contributed by atoms with E-state index in [-0.39, 0.29) is 48.4 Å². The van der Waals surface area contributed by atoms with Crippen LogP contribution in [0.15, 0.2) is 158 Å². The molecule has 0 aliphatic carbocycles. The van der Waals surface area contributed by atoms with Crippen molar-refractivity contribution in [3.05, 3.63) is 197 Å². The molecule has 1 aliphatic rings. The van der Waals surface area contributed by atoms with Crippen LogP contribution in [-0.4, -0.2) is 0 Å². The summed E-state index contributed by atoms with van der Waals surface area (Å²) in [5.74, 6) is 1.65. The van der Waals surface area contributed by atoms with Crippen LogP contribution in [0.3, 0.4) is 0 Å². The smallest absolute Gasteiger partial charge is 0.358 e. The van der Waals surface area contributed by atoms with Crippen molar-refractivity contribution in [2.75, 3.05) is 4.67 Å². The van der Waals surface area contributed by atoms with E-state index in [2.05, 4.69) is 150 Å². The predicted molar refractivity (Wildman–Crippen MR) is 198 cm³/mol. The minimum Gasteiger partial charge on any atom is -0.358 e. The summed E-state index contributed by atoms with van der Waals surface area (Å²) >= 11 is 0. The van der Waals surface area contributed by atoms with Crippen LogP contribution in [-0.2, 0) is 20.1 Å². The molecule has 1 aliphatic heterocycles. The second-order valence-corrected chi connectivity index (χ2v) is 12.1. The quantitative estimate of drug-likeness (QED) is 0.128. The van der Waals surface area contributed by atoms with E-state index in [1.165, 1.54) is 10.8 Å². The molecular formula is C42H37IrNO2P-3. The molecule has 0 aromatic heterocycles. The normalized spacial score (nSPS) is 11.6. The topological polar surface area (TPSA) is 21.7 Å². The van der Waals surface area contributed by atoms with Crippen molar-refractivity contribution < 1.29 is 29.2 Å². The van der Waals surface area contributed by atoms with Crippen molar-refractivity contribution in [3.63, 3.8) is 0 Å². The van der Waals surface area contributed by atoms with Crippen molar-refractivity contribution in [3.8, 4) is 22.6 Å². The van der Waals surface area contributed by atoms with Gasteiger partial charge in [0.25, 0.3) is 0 Å². The first-order valence-corrected chi connectivity index (χ1v) is 15.7. The molecule has 1 heterocycles. The van der Waals surface area contributed by atoms with Crippen molar-refractivity contribution in [2.45, 2.75) is 6.04 Å². The Labute approximate surface area is 294 Å². The predicted octanol–water partition coefficient (Wildman–Crippen LogP) is 11.8. The zero-order valence-corrected chi connectivity index (χ0v) is 30.1. The number of fused-ring (bicyclic) bond motifs is 7. The van der Waals surface area contributed by atoms with Gasteiger partial charge in [0.1, 0.15) is 6.04 Å². The monoisotopic (exact) mass is 811 g/mol. The van der Waals surface area contributed by atoms with E-state index in [1.54, 1.807) is 0 Å². The van der Waals surface area contributed by atoms with Crippen molar-refractivity contribution in [2.24, 2.45) is 0 Å². The van der Waals surface area contributed by atoms with E-state index in [0.717, 1.165) is 50.2 Å². The molecule has 1 radical (unpaired) electrons. The van der Waals surface area contributed by atoms with Gasteiger partial charge < -0.3 is 22.3 Å². The number of anilines is 1. The van der Waals surface area contributed by atoms with E-state index in [1.807, 2.05) is 18.2 Å². The third-order valence-electron chi connectivity index (χ3n) is 8.06. The van der Waals surface area contributed by atoms with E-state index in [4.69, 9.17) is 9.05 Å². The summed E-state index contributed by atoms with van der Waals surface area (Å²) in [4.78, 5) is 0. The molecule has 0 amide bonds. The van der Waals surface area contributed by atoms with Gasteiger partial charge in [0.15, 0.2) is 11.5 Å². The number of rotatable bonds is 5. The Hall–Kier alpha value is -4.46. The van der Waals surface area contributed by atoms with E-state index in [9.17, 15) is 0 Å². The van der Waals surface area contributed by atoms with E-state index >= 15 is 0 Å². The summed E-state index contributed by atoms with van der Waals surface area (Å²) in [5.41, 5.74) is 5.35. The Morgan fingerprint density at radius 2 is 0.936 bits per heavy atom. The fourth-order valence-electron chi connectivity index (χ4n) is 6.13. The second kappa shape index (κ2) is 15.4. The minimum atomic E-state index is -2.22. The van der Waals surface area contributed by atoms with Crippen LogP contribution in [0, 0.1) is 28.3 Å². The Morgan fingerprint density at radius 1 is 0.489 bits per heavy atom. The molecule has 0 unspecified atom stereocenters. The van der Waals surface area contributed by atoms with Gasteiger partial charge in [-0.1, -0.05) is 121 Å². The maximum atomic E-state index is 7.12. The van der Waals surface area contributed by atoms with Gasteiger partial charge in [-0.15, -0.1) is 6.07 Å². The molecular weight excluding hydrogens is 774 g/mol. The Balaban J connectivity index is 0.00000125. The number of nitrogens with zero attached hydrogens (tertiary/aromatic N) is 1. The Bertz CT molecular complexity index is 1930. The Morgan fingerprint density at radius 3 is 1.40 bits per heavy atom. The second-order valence-electron chi connectivity index (χ2n) is 10.6. The summed E-state index contributed by atoms with van der Waals surface area (Å²) in [5, 5.41) is 4.62. The van der Waals surface area contributed by atoms with Gasteiger partial charge >= 0.3 is 8.53 Å². The number of para-hydroxylation sites is 1. The first-order chi connectivity index (χ1) is 21.3. The van der Waals surface area contributed by atoms with Gasteiger partial charge in [-0.25, -0.2) is 0 Å². The zero-order chi connectivity index (χ0) is 28.6. The molecule has 7 aromatic carbocycles. The van der Waals surface area contributed by atoms with Crippen molar-refractivity contribution >= 4 is 35.8 Å². The van der Waals surface area contributed by atoms with E-state index in [0.29, 0.717) is 0 Å². The molecule has 0 saturated carbocycles. The van der Waals surface area contributed by atoms with Crippen LogP contribution >= 0.6 is 8.53 Å². The van der Waals surface area contributed by atoms with Gasteiger partial charge in [0, 0.05) is 31.2 Å². The van der Waals surface area contributed by atoms with Crippen LogP contribution in [0.25, 0.3) is 32.7 Å². The first-order valence-electron chi connectivity index (χ1n) is 14.5. The molecule has 0 atom stereocenters. The van der Waals surface area contributed by atoms with Crippen LogP contribution in [0.5, 0.6) is 11.5 Å². The third kappa shape index (κ3) is 6.55. The molecule has 3 nitrogen and oxygen atoms in total. The number of hydrogen-bond acceptors (Lipinski definition) is 3. The summed E-state index contributed by atoms with van der Waals surface area (Å²) in [7, 11) is -2.22. The maximum Gasteiger partial charge on any atom is 0.447 e. The molecule has 0 N–H and O–H groups in total. The van der Waals surface area contributed by atoms with Gasteiger partial charge in [0.2, 0.25) is 0 Å². The van der Waals surface area contributed by atoms with E-state index < -0.39 is 8.53 Å². The average molecular weight is 811 g/mol. The average Bonchev–Trinajstić information content (AvgIpc) is 3.25. The van der Waals surface area contributed by atoms with Gasteiger partial charge in [-0.2, -0.15) is 28.9 Å². The maximum absolute atomic E-state index is 7.12. The summed E-state index contributed by atoms with van der Waals surface area (Å²) in [6, 6.07) is 58.2. The van der Waals surface area contributed by atoms with Crippen molar-refractivity contribution in [1.82, 2.24) is 0 Å². The molecule has 0 fully saturated rings. The van der Waals surface area contributed by atoms with Crippen LogP contribution in [0.1, 0.15) is 17.2 Å². The summed E-state index contributed by atoms with van der Waals surface area (Å²) in [6.45, 7) is 0. The fourth-order valence-corrected chi connectivity index (χ4v) is 7.93. The molecule has 5 heteroatoms. The van der Waals surface area contributed by atoms with Gasteiger partial charge in [-0.3, -0.25) is 9.05 Å². The minimum absolute atomic E-state index is 0. The zero-order valence-electron chi connectivity index (χ0n) is 26.7. The largest absolute Gasteiger partial charge is 0.447 e. The van der Waals surface area contributed by atoms with Crippen LogP contribution in [0.4, 0.5) is 5.69 Å². The number of hydrogen-bond donors (Lipinski definition) is 0. The first kappa shape index (κ1) is 35.4. The molecule has 239 valence electrons. The molecule has 8 rings (SSSR count). The Kier molecular flexibility index (Phi) is 11.6. The molecule has 0 spiro atoms. The number of benzene rings is 7. The molecule has 0 saturated heterocycles. The molecule has 0 bridgehead atoms. The van der Waals surface area contributed by atoms with Crippen LogP contribution < -0.4 is 13.7 Å². The van der Waals surface area contributed by atoms with Gasteiger partial charge in [0.05, 0.1) is 0 Å². The van der Waals surface area contributed by atoms with Crippen LogP contribution in [0.2, 0.25) is 0 Å². The third-order valence-corrected chi connectivity index (χ3v) is 9.75. The SMILES string of the molecule is [CH3-].[CH3-].[CH3-].[Ir].[c-]1ccccc1N(C(c1ccccc1)c1ccccc1)[PH+]1Oc2ccc3ccccc3c2-c2c(ccc3ccccc23)O1. The summed E-state index contributed by atoms with van der Waals surface area (Å²) in [6.07, 6.45) is 0. The fraction of sp³-hybridized carbons (Fsp3) is 0.0238. The molecule has 7 aromatic rings. The van der Waals surface area contributed by atoms with Gasteiger partial charge in [-0.05, 0) is 50.5 Å². The summed E-state index contributed by atoms with van der Waals surface area (Å²) < 4.78 is 16.5. The standard InChI is InChI=1S/C39H27NO2P.3CH3.Ir/c1-4-16-30(17-5-1)39(31-18-6-2-7-19-31)40(32-20-8-3-9-21-32)43-41-35-26-24-28-14-10-12-22-33(28)37(35)38-34-23-13-11-15-29(34)25-27-36(38)42-43;;;;/h1-20,22-27,39H;3*1H3;/q4*-1;/p+1.